The van der Waals surface area contributed by atoms with Crippen molar-refractivity contribution in [1.82, 2.24) is 15.1 Å². The first-order chi connectivity index (χ1) is 9.75. The lowest BCUT2D eigenvalue weighted by Crippen LogP contribution is -2.59. The molecule has 3 aliphatic rings. The number of likely N-dealkylation sites (tertiary alicyclic amines) is 1. The molecule has 1 atom stereocenters. The first-order valence-corrected chi connectivity index (χ1v) is 7.69. The Balaban J connectivity index is 1.63. The lowest BCUT2D eigenvalue weighted by molar-refractivity contribution is -0.131. The highest BCUT2D eigenvalue weighted by Gasteiger charge is 2.37. The number of urea groups is 1. The van der Waals surface area contributed by atoms with Gasteiger partial charge in [-0.1, -0.05) is 0 Å². The van der Waals surface area contributed by atoms with E-state index in [0.717, 1.165) is 38.8 Å². The van der Waals surface area contributed by atoms with Crippen molar-refractivity contribution in [3.8, 4) is 0 Å². The van der Waals surface area contributed by atoms with E-state index >= 15 is 0 Å². The van der Waals surface area contributed by atoms with Crippen LogP contribution in [0.2, 0.25) is 0 Å². The molecule has 2 heterocycles. The second-order valence-corrected chi connectivity index (χ2v) is 5.90. The number of morpholine rings is 1. The number of rotatable bonds is 2. The van der Waals surface area contributed by atoms with Crippen molar-refractivity contribution in [3.05, 3.63) is 0 Å². The largest absolute Gasteiger partial charge is 0.377 e. The van der Waals surface area contributed by atoms with Crippen LogP contribution in [0, 0.1) is 0 Å². The number of carbonyl (C=O) groups is 2. The molecule has 3 amide bonds. The zero-order valence-corrected chi connectivity index (χ0v) is 11.8. The SMILES string of the molecule is O=C(NC1CC1)C1COCCN1C(=O)N1CCCCC1. The Morgan fingerprint density at radius 1 is 1.05 bits per heavy atom. The second-order valence-electron chi connectivity index (χ2n) is 5.90. The summed E-state index contributed by atoms with van der Waals surface area (Å²) in [7, 11) is 0. The van der Waals surface area contributed by atoms with E-state index in [2.05, 4.69) is 5.32 Å². The van der Waals surface area contributed by atoms with Gasteiger partial charge in [-0.2, -0.15) is 0 Å². The van der Waals surface area contributed by atoms with E-state index < -0.39 is 6.04 Å². The van der Waals surface area contributed by atoms with Crippen molar-refractivity contribution in [2.24, 2.45) is 0 Å². The summed E-state index contributed by atoms with van der Waals surface area (Å²) in [6.45, 7) is 2.98. The van der Waals surface area contributed by atoms with Gasteiger partial charge in [-0.3, -0.25) is 4.79 Å². The van der Waals surface area contributed by atoms with E-state index in [9.17, 15) is 9.59 Å². The maximum atomic E-state index is 12.6. The maximum Gasteiger partial charge on any atom is 0.320 e. The quantitative estimate of drug-likeness (QED) is 0.805. The van der Waals surface area contributed by atoms with Crippen LogP contribution < -0.4 is 5.32 Å². The van der Waals surface area contributed by atoms with Crippen molar-refractivity contribution in [3.63, 3.8) is 0 Å². The van der Waals surface area contributed by atoms with Crippen molar-refractivity contribution < 1.29 is 14.3 Å². The summed E-state index contributed by atoms with van der Waals surface area (Å²) in [5.74, 6) is -0.0578. The number of hydrogen-bond acceptors (Lipinski definition) is 3. The van der Waals surface area contributed by atoms with Crippen LogP contribution >= 0.6 is 0 Å². The Morgan fingerprint density at radius 2 is 1.80 bits per heavy atom. The average molecular weight is 281 g/mol. The number of ether oxygens (including phenoxy) is 1. The molecule has 2 aliphatic heterocycles. The second kappa shape index (κ2) is 5.99. The fraction of sp³-hybridized carbons (Fsp3) is 0.857. The summed E-state index contributed by atoms with van der Waals surface area (Å²) < 4.78 is 5.40. The third kappa shape index (κ3) is 3.06. The van der Waals surface area contributed by atoms with Gasteiger partial charge in [0.1, 0.15) is 6.04 Å². The van der Waals surface area contributed by atoms with Gasteiger partial charge in [-0.25, -0.2) is 4.79 Å². The lowest BCUT2D eigenvalue weighted by Gasteiger charge is -2.39. The zero-order chi connectivity index (χ0) is 13.9. The zero-order valence-electron chi connectivity index (χ0n) is 11.8. The minimum Gasteiger partial charge on any atom is -0.377 e. The molecule has 0 aromatic rings. The summed E-state index contributed by atoms with van der Waals surface area (Å²) in [6.07, 6.45) is 5.43. The van der Waals surface area contributed by atoms with Gasteiger partial charge in [0.15, 0.2) is 0 Å². The molecule has 1 unspecified atom stereocenters. The van der Waals surface area contributed by atoms with Crippen LogP contribution in [0.25, 0.3) is 0 Å². The number of carbonyl (C=O) groups excluding carboxylic acids is 2. The van der Waals surface area contributed by atoms with E-state index in [0.29, 0.717) is 25.8 Å². The number of nitrogens with one attached hydrogen (secondary N) is 1. The Kier molecular flexibility index (Phi) is 4.10. The Labute approximate surface area is 119 Å². The van der Waals surface area contributed by atoms with Gasteiger partial charge < -0.3 is 19.9 Å². The minimum atomic E-state index is -0.459. The van der Waals surface area contributed by atoms with Crippen LogP contribution in [0.3, 0.4) is 0 Å². The molecule has 1 saturated carbocycles. The minimum absolute atomic E-state index is 0.00365. The molecule has 0 aromatic heterocycles. The Bertz CT molecular complexity index is 378. The maximum absolute atomic E-state index is 12.6. The molecule has 3 rings (SSSR count). The van der Waals surface area contributed by atoms with Crippen LogP contribution in [0.15, 0.2) is 0 Å². The summed E-state index contributed by atoms with van der Waals surface area (Å²) in [6, 6.07) is -0.140. The fourth-order valence-electron chi connectivity index (χ4n) is 2.84. The van der Waals surface area contributed by atoms with Crippen LogP contribution in [0.4, 0.5) is 4.79 Å². The summed E-state index contributed by atoms with van der Waals surface area (Å²) in [5, 5.41) is 2.98. The lowest BCUT2D eigenvalue weighted by atomic mass is 10.1. The summed E-state index contributed by atoms with van der Waals surface area (Å²) >= 11 is 0. The Hall–Kier alpha value is -1.30. The van der Waals surface area contributed by atoms with Crippen LogP contribution in [0.1, 0.15) is 32.1 Å². The van der Waals surface area contributed by atoms with Crippen molar-refractivity contribution >= 4 is 11.9 Å². The highest BCUT2D eigenvalue weighted by atomic mass is 16.5. The van der Waals surface area contributed by atoms with Crippen molar-refractivity contribution in [1.29, 1.82) is 0 Å². The third-order valence-corrected chi connectivity index (χ3v) is 4.23. The fourth-order valence-corrected chi connectivity index (χ4v) is 2.84. The van der Waals surface area contributed by atoms with Gasteiger partial charge in [0.2, 0.25) is 5.91 Å². The van der Waals surface area contributed by atoms with Gasteiger partial charge in [0, 0.05) is 25.7 Å². The molecule has 1 N–H and O–H groups in total. The molecule has 0 bridgehead atoms. The molecule has 3 fully saturated rings. The van der Waals surface area contributed by atoms with Gasteiger partial charge in [-0.15, -0.1) is 0 Å². The standard InChI is InChI=1S/C14H23N3O3/c18-13(15-11-4-5-11)12-10-20-9-8-17(12)14(19)16-6-2-1-3-7-16/h11-12H,1-10H2,(H,15,18). The first kappa shape index (κ1) is 13.7. The third-order valence-electron chi connectivity index (χ3n) is 4.23. The summed E-state index contributed by atoms with van der Waals surface area (Å²) in [4.78, 5) is 28.4. The molecule has 112 valence electrons. The first-order valence-electron chi connectivity index (χ1n) is 7.69. The van der Waals surface area contributed by atoms with Gasteiger partial charge in [0.05, 0.1) is 13.2 Å². The molecular weight excluding hydrogens is 258 g/mol. The van der Waals surface area contributed by atoms with Crippen LogP contribution in [-0.2, 0) is 9.53 Å². The van der Waals surface area contributed by atoms with Gasteiger partial charge in [-0.05, 0) is 32.1 Å². The summed E-state index contributed by atoms with van der Waals surface area (Å²) in [5.41, 5.74) is 0. The normalized spacial score (nSPS) is 27.3. The molecule has 20 heavy (non-hydrogen) atoms. The number of hydrogen-bond donors (Lipinski definition) is 1. The molecule has 6 nitrogen and oxygen atoms in total. The van der Waals surface area contributed by atoms with E-state index in [1.807, 2.05) is 4.90 Å². The molecule has 1 aliphatic carbocycles. The topological polar surface area (TPSA) is 61.9 Å². The molecule has 2 saturated heterocycles. The predicted octanol–water partition coefficient (Wildman–Crippen LogP) is 0.572. The molecular formula is C14H23N3O3. The number of amides is 3. The molecule has 0 radical (unpaired) electrons. The van der Waals surface area contributed by atoms with E-state index in [1.165, 1.54) is 6.42 Å². The monoisotopic (exact) mass is 281 g/mol. The van der Waals surface area contributed by atoms with E-state index in [-0.39, 0.29) is 11.9 Å². The predicted molar refractivity (Wildman–Crippen MR) is 73.3 cm³/mol. The van der Waals surface area contributed by atoms with Gasteiger partial charge >= 0.3 is 6.03 Å². The molecule has 0 aromatic carbocycles. The smallest absolute Gasteiger partial charge is 0.320 e. The van der Waals surface area contributed by atoms with Crippen molar-refractivity contribution in [2.75, 3.05) is 32.8 Å². The van der Waals surface area contributed by atoms with E-state index in [1.54, 1.807) is 4.90 Å². The van der Waals surface area contributed by atoms with Crippen LogP contribution in [-0.4, -0.2) is 66.7 Å². The highest BCUT2D eigenvalue weighted by Crippen LogP contribution is 2.20. The highest BCUT2D eigenvalue weighted by molar-refractivity contribution is 5.87. The number of piperidine rings is 1. The molecule has 6 heteroatoms. The van der Waals surface area contributed by atoms with E-state index in [4.69, 9.17) is 4.74 Å². The average Bonchev–Trinajstić information content (AvgIpc) is 3.31. The Morgan fingerprint density at radius 3 is 2.50 bits per heavy atom. The molecule has 0 spiro atoms. The van der Waals surface area contributed by atoms with Crippen molar-refractivity contribution in [2.45, 2.75) is 44.2 Å². The van der Waals surface area contributed by atoms with Crippen LogP contribution in [0.5, 0.6) is 0 Å². The number of nitrogens with zero attached hydrogens (tertiary/aromatic N) is 2. The van der Waals surface area contributed by atoms with Gasteiger partial charge in [0.25, 0.3) is 0 Å².